The Morgan fingerprint density at radius 1 is 1.30 bits per heavy atom. The summed E-state index contributed by atoms with van der Waals surface area (Å²) in [5.41, 5.74) is 1.31. The van der Waals surface area contributed by atoms with E-state index in [9.17, 15) is 9.90 Å². The summed E-state index contributed by atoms with van der Waals surface area (Å²) < 4.78 is 1.10. The molecule has 1 atom stereocenters. The van der Waals surface area contributed by atoms with Gasteiger partial charge in [-0.1, -0.05) is 28.1 Å². The highest BCUT2D eigenvalue weighted by Gasteiger charge is 2.21. The van der Waals surface area contributed by atoms with Crippen LogP contribution in [-0.2, 0) is 11.2 Å². The van der Waals surface area contributed by atoms with Gasteiger partial charge in [0.2, 0.25) is 5.91 Å². The van der Waals surface area contributed by atoms with E-state index in [0.29, 0.717) is 13.0 Å². The molecule has 20 heavy (non-hydrogen) atoms. The van der Waals surface area contributed by atoms with Crippen LogP contribution in [0.2, 0.25) is 0 Å². The van der Waals surface area contributed by atoms with Gasteiger partial charge in [-0.3, -0.25) is 4.79 Å². The maximum absolute atomic E-state index is 12.0. The van der Waals surface area contributed by atoms with E-state index in [0.717, 1.165) is 43.1 Å². The molecule has 1 N–H and O–H groups in total. The molecule has 1 unspecified atom stereocenters. The highest BCUT2D eigenvalue weighted by Crippen LogP contribution is 2.15. The fourth-order valence-electron chi connectivity index (χ4n) is 2.60. The zero-order chi connectivity index (χ0) is 14.4. The van der Waals surface area contributed by atoms with Gasteiger partial charge in [0.1, 0.15) is 0 Å². The number of piperidine rings is 1. The molecule has 1 aliphatic rings. The second-order valence-corrected chi connectivity index (χ2v) is 6.39. The van der Waals surface area contributed by atoms with Crippen LogP contribution < -0.4 is 0 Å². The molecule has 2 rings (SSSR count). The number of halogens is 1. The van der Waals surface area contributed by atoms with Crippen LogP contribution in [0.4, 0.5) is 0 Å². The number of aliphatic hydroxyl groups is 1. The average molecular weight is 340 g/mol. The standard InChI is InChI=1S/C16H22BrNO2/c17-14-9-7-13(8-10-14)4-1-2-6-16(20)18-11-3-5-15(19)12-18/h7-10,15,19H,1-6,11-12H2. The molecule has 0 aromatic heterocycles. The summed E-state index contributed by atoms with van der Waals surface area (Å²) in [5.74, 6) is 0.194. The van der Waals surface area contributed by atoms with E-state index >= 15 is 0 Å². The topological polar surface area (TPSA) is 40.5 Å². The first-order chi connectivity index (χ1) is 9.65. The number of aryl methyl sites for hydroxylation is 1. The number of rotatable bonds is 5. The normalized spacial score (nSPS) is 19.1. The van der Waals surface area contributed by atoms with Crippen LogP contribution in [0.1, 0.15) is 37.7 Å². The molecule has 1 aromatic rings. The molecule has 1 fully saturated rings. The summed E-state index contributed by atoms with van der Waals surface area (Å²) in [6.45, 7) is 1.33. The Morgan fingerprint density at radius 2 is 2.05 bits per heavy atom. The molecule has 0 bridgehead atoms. The number of aliphatic hydroxyl groups excluding tert-OH is 1. The van der Waals surface area contributed by atoms with Crippen molar-refractivity contribution in [3.05, 3.63) is 34.3 Å². The monoisotopic (exact) mass is 339 g/mol. The zero-order valence-electron chi connectivity index (χ0n) is 11.7. The Balaban J connectivity index is 1.65. The lowest BCUT2D eigenvalue weighted by molar-refractivity contribution is -0.134. The quantitative estimate of drug-likeness (QED) is 0.837. The minimum atomic E-state index is -0.324. The van der Waals surface area contributed by atoms with Crippen LogP contribution in [0.25, 0.3) is 0 Å². The second kappa shape index (κ2) is 7.79. The lowest BCUT2D eigenvalue weighted by Gasteiger charge is -2.30. The number of hydrogen-bond donors (Lipinski definition) is 1. The van der Waals surface area contributed by atoms with Crippen molar-refractivity contribution < 1.29 is 9.90 Å². The van der Waals surface area contributed by atoms with Crippen molar-refractivity contribution in [2.75, 3.05) is 13.1 Å². The number of carbonyl (C=O) groups excluding carboxylic acids is 1. The summed E-state index contributed by atoms with van der Waals surface area (Å²) in [4.78, 5) is 13.8. The first kappa shape index (κ1) is 15.5. The van der Waals surface area contributed by atoms with Crippen molar-refractivity contribution in [2.45, 2.75) is 44.6 Å². The van der Waals surface area contributed by atoms with E-state index in [1.54, 1.807) is 0 Å². The van der Waals surface area contributed by atoms with Crippen molar-refractivity contribution in [3.8, 4) is 0 Å². The number of carbonyl (C=O) groups is 1. The molecule has 1 amide bonds. The fraction of sp³-hybridized carbons (Fsp3) is 0.562. The first-order valence-corrected chi connectivity index (χ1v) is 8.15. The smallest absolute Gasteiger partial charge is 0.222 e. The van der Waals surface area contributed by atoms with Gasteiger partial charge in [-0.05, 0) is 49.8 Å². The summed E-state index contributed by atoms with van der Waals surface area (Å²) >= 11 is 3.42. The Bertz CT molecular complexity index is 433. The summed E-state index contributed by atoms with van der Waals surface area (Å²) in [6.07, 6.45) is 4.99. The number of unbranched alkanes of at least 4 members (excludes halogenated alkanes) is 1. The SMILES string of the molecule is O=C(CCCCc1ccc(Br)cc1)N1CCCC(O)C1. The van der Waals surface area contributed by atoms with Crippen LogP contribution in [0.15, 0.2) is 28.7 Å². The molecular weight excluding hydrogens is 318 g/mol. The van der Waals surface area contributed by atoms with Gasteiger partial charge in [0, 0.05) is 24.0 Å². The lowest BCUT2D eigenvalue weighted by atomic mass is 10.1. The molecule has 110 valence electrons. The van der Waals surface area contributed by atoms with E-state index < -0.39 is 0 Å². The molecule has 0 saturated carbocycles. The molecule has 0 spiro atoms. The van der Waals surface area contributed by atoms with Crippen LogP contribution in [-0.4, -0.2) is 35.1 Å². The molecule has 1 heterocycles. The number of β-amino-alcohol motifs (C(OH)–C–C–N with tert-alkyl or cyclic N) is 1. The van der Waals surface area contributed by atoms with Crippen LogP contribution in [0.3, 0.4) is 0 Å². The Hall–Kier alpha value is -0.870. The van der Waals surface area contributed by atoms with Crippen molar-refractivity contribution in [1.82, 2.24) is 4.90 Å². The van der Waals surface area contributed by atoms with Gasteiger partial charge in [0.15, 0.2) is 0 Å². The van der Waals surface area contributed by atoms with Gasteiger partial charge in [0.25, 0.3) is 0 Å². The highest BCUT2D eigenvalue weighted by molar-refractivity contribution is 9.10. The van der Waals surface area contributed by atoms with Crippen molar-refractivity contribution in [3.63, 3.8) is 0 Å². The molecule has 3 nitrogen and oxygen atoms in total. The van der Waals surface area contributed by atoms with Gasteiger partial charge < -0.3 is 10.0 Å². The Morgan fingerprint density at radius 3 is 2.75 bits per heavy atom. The summed E-state index contributed by atoms with van der Waals surface area (Å²) in [6, 6.07) is 8.34. The first-order valence-electron chi connectivity index (χ1n) is 7.35. The highest BCUT2D eigenvalue weighted by atomic mass is 79.9. The number of nitrogens with zero attached hydrogens (tertiary/aromatic N) is 1. The summed E-state index contributed by atoms with van der Waals surface area (Å²) in [7, 11) is 0. The largest absolute Gasteiger partial charge is 0.391 e. The number of likely N-dealkylation sites (tertiary alicyclic amines) is 1. The molecule has 0 aliphatic carbocycles. The van der Waals surface area contributed by atoms with E-state index in [-0.39, 0.29) is 12.0 Å². The van der Waals surface area contributed by atoms with Crippen LogP contribution in [0.5, 0.6) is 0 Å². The number of amides is 1. The van der Waals surface area contributed by atoms with Crippen molar-refractivity contribution in [1.29, 1.82) is 0 Å². The Labute approximate surface area is 129 Å². The van der Waals surface area contributed by atoms with Gasteiger partial charge in [-0.25, -0.2) is 0 Å². The third-order valence-electron chi connectivity index (χ3n) is 3.77. The minimum Gasteiger partial charge on any atom is -0.391 e. The Kier molecular flexibility index (Phi) is 6.05. The fourth-order valence-corrected chi connectivity index (χ4v) is 2.86. The van der Waals surface area contributed by atoms with E-state index in [2.05, 4.69) is 40.2 Å². The van der Waals surface area contributed by atoms with Crippen LogP contribution >= 0.6 is 15.9 Å². The van der Waals surface area contributed by atoms with E-state index in [1.165, 1.54) is 5.56 Å². The van der Waals surface area contributed by atoms with E-state index in [1.807, 2.05) is 4.90 Å². The average Bonchev–Trinajstić information content (AvgIpc) is 2.45. The van der Waals surface area contributed by atoms with Crippen molar-refractivity contribution >= 4 is 21.8 Å². The second-order valence-electron chi connectivity index (χ2n) is 5.47. The number of benzene rings is 1. The minimum absolute atomic E-state index is 0.194. The third kappa shape index (κ3) is 4.91. The zero-order valence-corrected chi connectivity index (χ0v) is 13.3. The van der Waals surface area contributed by atoms with E-state index in [4.69, 9.17) is 0 Å². The molecule has 1 aliphatic heterocycles. The maximum Gasteiger partial charge on any atom is 0.222 e. The lowest BCUT2D eigenvalue weighted by Crippen LogP contribution is -2.42. The molecule has 0 radical (unpaired) electrons. The predicted octanol–water partition coefficient (Wildman–Crippen LogP) is 3.15. The van der Waals surface area contributed by atoms with Gasteiger partial charge in [-0.2, -0.15) is 0 Å². The van der Waals surface area contributed by atoms with Gasteiger partial charge in [-0.15, -0.1) is 0 Å². The maximum atomic E-state index is 12.0. The predicted molar refractivity (Wildman–Crippen MR) is 83.5 cm³/mol. The van der Waals surface area contributed by atoms with Crippen LogP contribution in [0, 0.1) is 0 Å². The third-order valence-corrected chi connectivity index (χ3v) is 4.30. The van der Waals surface area contributed by atoms with Crippen molar-refractivity contribution in [2.24, 2.45) is 0 Å². The molecular formula is C16H22BrNO2. The van der Waals surface area contributed by atoms with Gasteiger partial charge in [0.05, 0.1) is 6.10 Å². The molecule has 4 heteroatoms. The van der Waals surface area contributed by atoms with Gasteiger partial charge >= 0.3 is 0 Å². The number of hydrogen-bond acceptors (Lipinski definition) is 2. The molecule has 1 saturated heterocycles. The summed E-state index contributed by atoms with van der Waals surface area (Å²) in [5, 5.41) is 9.57. The molecule has 1 aromatic carbocycles.